The molecule has 1 N–H and O–H groups in total. The number of anilines is 1. The minimum atomic E-state index is -3.26. The van der Waals surface area contributed by atoms with Crippen LogP contribution in [0.3, 0.4) is 0 Å². The molecule has 1 spiro atoms. The second-order valence-electron chi connectivity index (χ2n) is 7.94. The highest BCUT2D eigenvalue weighted by Gasteiger charge is 2.54. The maximum atomic E-state index is 13.0. The molecule has 3 aliphatic rings. The molecule has 1 atom stereocenters. The van der Waals surface area contributed by atoms with Crippen LogP contribution in [0.4, 0.5) is 10.5 Å². The van der Waals surface area contributed by atoms with Gasteiger partial charge in [-0.2, -0.15) is 0 Å². The number of nitrogens with zero attached hydrogens (tertiary/aromatic N) is 4. The van der Waals surface area contributed by atoms with Gasteiger partial charge in [0.05, 0.1) is 17.9 Å². The molecule has 1 unspecified atom stereocenters. The molecule has 152 valence electrons. The fraction of sp³-hybridized carbons (Fsp3) is 0.632. The molecule has 1 aromatic heterocycles. The van der Waals surface area contributed by atoms with Crippen LogP contribution >= 0.6 is 0 Å². The summed E-state index contributed by atoms with van der Waals surface area (Å²) in [4.78, 5) is 23.8. The number of hydrogen-bond acceptors (Lipinski definition) is 5. The van der Waals surface area contributed by atoms with E-state index in [1.165, 1.54) is 17.0 Å². The van der Waals surface area contributed by atoms with Gasteiger partial charge in [0.1, 0.15) is 28.0 Å². The van der Waals surface area contributed by atoms with Crippen LogP contribution in [0.15, 0.2) is 29.5 Å². The summed E-state index contributed by atoms with van der Waals surface area (Å²) in [5.41, 5.74) is 0.0697. The van der Waals surface area contributed by atoms with E-state index in [9.17, 15) is 13.6 Å². The van der Waals surface area contributed by atoms with Crippen molar-refractivity contribution in [1.82, 2.24) is 14.6 Å². The van der Waals surface area contributed by atoms with Gasteiger partial charge in [0.15, 0.2) is 0 Å². The molecule has 0 aromatic carbocycles. The SMILES string of the molecule is C[S+](=O)([O-])N1CCC2(CC1)C(=NC1CCCCC1)NC(=O)N2c1cccnc1. The lowest BCUT2D eigenvalue weighted by atomic mass is 9.85. The van der Waals surface area contributed by atoms with Crippen molar-refractivity contribution in [3.05, 3.63) is 24.5 Å². The zero-order valence-corrected chi connectivity index (χ0v) is 17.0. The van der Waals surface area contributed by atoms with Gasteiger partial charge in [0.2, 0.25) is 0 Å². The monoisotopic (exact) mass is 405 g/mol. The Bertz CT molecular complexity index is 795. The molecule has 9 heteroatoms. The van der Waals surface area contributed by atoms with Crippen LogP contribution in [0.2, 0.25) is 0 Å². The Labute approximate surface area is 166 Å². The van der Waals surface area contributed by atoms with Crippen LogP contribution in [-0.2, 0) is 14.6 Å². The lowest BCUT2D eigenvalue weighted by molar-refractivity contribution is 0.240. The fourth-order valence-electron chi connectivity index (χ4n) is 4.62. The highest BCUT2D eigenvalue weighted by atomic mass is 32.3. The van der Waals surface area contributed by atoms with Crippen LogP contribution in [0.1, 0.15) is 44.9 Å². The molecular formula is C19H27N5O3S. The molecule has 3 fully saturated rings. The number of aromatic nitrogens is 1. The van der Waals surface area contributed by atoms with Crippen LogP contribution < -0.4 is 10.2 Å². The Kier molecular flexibility index (Phi) is 5.24. The third kappa shape index (κ3) is 3.58. The van der Waals surface area contributed by atoms with E-state index in [1.807, 2.05) is 6.07 Å². The summed E-state index contributed by atoms with van der Waals surface area (Å²) in [6.45, 7) is 0.739. The number of amidine groups is 1. The largest absolute Gasteiger partial charge is 0.598 e. The second kappa shape index (κ2) is 7.53. The summed E-state index contributed by atoms with van der Waals surface area (Å²) in [7, 11) is -3.26. The zero-order valence-electron chi connectivity index (χ0n) is 16.2. The van der Waals surface area contributed by atoms with E-state index in [2.05, 4.69) is 10.3 Å². The number of carbonyl (C=O) groups is 1. The third-order valence-corrected chi connectivity index (χ3v) is 7.41. The minimum Gasteiger partial charge on any atom is -0.598 e. The molecular weight excluding hydrogens is 378 g/mol. The van der Waals surface area contributed by atoms with Crippen LogP contribution in [0, 0.1) is 0 Å². The highest BCUT2D eigenvalue weighted by molar-refractivity contribution is 7.94. The minimum absolute atomic E-state index is 0.213. The first-order chi connectivity index (χ1) is 13.4. The maximum Gasteiger partial charge on any atom is 0.328 e. The molecule has 0 radical (unpaired) electrons. The molecule has 2 amide bonds. The highest BCUT2D eigenvalue weighted by Crippen LogP contribution is 2.39. The van der Waals surface area contributed by atoms with E-state index in [0.717, 1.165) is 25.7 Å². The van der Waals surface area contributed by atoms with Crippen molar-refractivity contribution < 1.29 is 13.6 Å². The second-order valence-corrected chi connectivity index (χ2v) is 9.92. The lowest BCUT2D eigenvalue weighted by Gasteiger charge is -2.43. The van der Waals surface area contributed by atoms with Gasteiger partial charge in [-0.3, -0.25) is 20.2 Å². The average molecular weight is 406 g/mol. The quantitative estimate of drug-likeness (QED) is 0.780. The predicted octanol–water partition coefficient (Wildman–Crippen LogP) is 2.35. The van der Waals surface area contributed by atoms with E-state index < -0.39 is 15.9 Å². The number of carbonyl (C=O) groups excluding carboxylic acids is 1. The summed E-state index contributed by atoms with van der Waals surface area (Å²) in [6, 6.07) is 3.68. The van der Waals surface area contributed by atoms with Crippen molar-refractivity contribution in [3.8, 4) is 0 Å². The number of hydrogen-bond donors (Lipinski definition) is 1. The van der Waals surface area contributed by atoms with E-state index in [1.54, 1.807) is 23.4 Å². The number of amides is 2. The van der Waals surface area contributed by atoms with Gasteiger partial charge in [-0.05, 0) is 37.8 Å². The number of urea groups is 1. The summed E-state index contributed by atoms with van der Waals surface area (Å²) < 4.78 is 25.5. The predicted molar refractivity (Wildman–Crippen MR) is 108 cm³/mol. The van der Waals surface area contributed by atoms with E-state index >= 15 is 0 Å². The molecule has 0 bridgehead atoms. The van der Waals surface area contributed by atoms with Crippen LogP contribution in [0.25, 0.3) is 0 Å². The van der Waals surface area contributed by atoms with Gasteiger partial charge in [-0.1, -0.05) is 23.5 Å². The number of pyridine rings is 1. The average Bonchev–Trinajstić information content (AvgIpc) is 2.93. The van der Waals surface area contributed by atoms with Crippen molar-refractivity contribution in [2.75, 3.05) is 24.2 Å². The van der Waals surface area contributed by atoms with E-state index in [0.29, 0.717) is 37.5 Å². The summed E-state index contributed by atoms with van der Waals surface area (Å²) >= 11 is 0. The number of piperidine rings is 1. The first kappa shape index (κ1) is 19.5. The van der Waals surface area contributed by atoms with Crippen molar-refractivity contribution in [2.45, 2.75) is 56.5 Å². The summed E-state index contributed by atoms with van der Waals surface area (Å²) in [5, 5.41) is 3.01. The molecule has 1 aliphatic carbocycles. The Morgan fingerprint density at radius 1 is 1.29 bits per heavy atom. The Balaban J connectivity index is 1.70. The smallest absolute Gasteiger partial charge is 0.328 e. The molecule has 3 heterocycles. The van der Waals surface area contributed by atoms with Gasteiger partial charge in [-0.15, -0.1) is 4.31 Å². The van der Waals surface area contributed by atoms with Gasteiger partial charge >= 0.3 is 6.03 Å². The number of sulfonamides is 1. The van der Waals surface area contributed by atoms with E-state index in [-0.39, 0.29) is 12.1 Å². The number of aliphatic imine (C=N–C) groups is 1. The van der Waals surface area contributed by atoms with Crippen molar-refractivity contribution in [3.63, 3.8) is 0 Å². The fourth-order valence-corrected chi connectivity index (χ4v) is 5.46. The molecule has 4 rings (SSSR count). The Hall–Kier alpha value is -1.84. The molecule has 1 aromatic rings. The molecule has 28 heavy (non-hydrogen) atoms. The Morgan fingerprint density at radius 2 is 2.00 bits per heavy atom. The van der Waals surface area contributed by atoms with Crippen molar-refractivity contribution in [2.24, 2.45) is 4.99 Å². The van der Waals surface area contributed by atoms with Gasteiger partial charge in [0, 0.05) is 19.3 Å². The number of rotatable bonds is 3. The van der Waals surface area contributed by atoms with Crippen LogP contribution in [-0.4, -0.2) is 56.6 Å². The first-order valence-corrected chi connectivity index (χ1v) is 11.8. The topological polar surface area (TPSA) is 101 Å². The maximum absolute atomic E-state index is 13.0. The van der Waals surface area contributed by atoms with E-state index in [4.69, 9.17) is 4.99 Å². The first-order valence-electron chi connectivity index (χ1n) is 9.95. The molecule has 2 aliphatic heterocycles. The van der Waals surface area contributed by atoms with Gasteiger partial charge in [0.25, 0.3) is 0 Å². The van der Waals surface area contributed by atoms with Crippen molar-refractivity contribution in [1.29, 1.82) is 0 Å². The Morgan fingerprint density at radius 3 is 2.61 bits per heavy atom. The van der Waals surface area contributed by atoms with Crippen molar-refractivity contribution >= 4 is 28.0 Å². The molecule has 8 nitrogen and oxygen atoms in total. The van der Waals surface area contributed by atoms with Gasteiger partial charge < -0.3 is 4.55 Å². The third-order valence-electron chi connectivity index (χ3n) is 6.11. The zero-order chi connectivity index (χ0) is 19.8. The summed E-state index contributed by atoms with van der Waals surface area (Å²) in [6.07, 6.45) is 11.3. The molecule has 1 saturated carbocycles. The van der Waals surface area contributed by atoms with Crippen LogP contribution in [0.5, 0.6) is 0 Å². The lowest BCUT2D eigenvalue weighted by Crippen LogP contribution is -2.58. The standard InChI is InChI=1S/C19H27N5O3S/c1-28(26,27)23-12-9-19(10-13-23)17(21-15-6-3-2-4-7-15)22-18(25)24(19)16-8-5-11-20-14-16/h5,8,11,14-15H,2-4,6-7,9-10,12-13H2,1H3,(H-,21,22,25,26,27). The van der Waals surface area contributed by atoms with Gasteiger partial charge in [-0.25, -0.2) is 4.79 Å². The number of nitrogens with one attached hydrogen (secondary N) is 1. The summed E-state index contributed by atoms with van der Waals surface area (Å²) in [5.74, 6) is 0.696. The molecule has 2 saturated heterocycles. The normalized spacial score (nSPS) is 27.1.